The molecular weight excluding hydrogens is 603 g/mol. The van der Waals surface area contributed by atoms with Gasteiger partial charge in [0.1, 0.15) is 0 Å². The Bertz CT molecular complexity index is 1230. The van der Waals surface area contributed by atoms with Crippen LogP contribution in [0.2, 0.25) is 0 Å². The summed E-state index contributed by atoms with van der Waals surface area (Å²) in [7, 11) is 0. The zero-order valence-corrected chi connectivity index (χ0v) is 20.9. The standard InChI is InChI=1S/C28H24N4O.Pt/c1-2-12-26-25(11-1)30-16-15-29(19-30)21-7-5-9-23(17-21)33-24-10-6-8-22(18-24)31-20-32(26)28-14-4-3-13-27(28)31;/h3-10,13-16,19-20,25-26H,1-2,11-12H2;/q-4;+4. The molecule has 172 valence electrons. The number of ether oxygens (including phenoxy) is 1. The van der Waals surface area contributed by atoms with Crippen LogP contribution in [-0.2, 0) is 21.1 Å². The number of anilines is 4. The van der Waals surface area contributed by atoms with Crippen molar-refractivity contribution in [3.8, 4) is 11.5 Å². The quantitative estimate of drug-likeness (QED) is 0.277. The molecule has 2 atom stereocenters. The van der Waals surface area contributed by atoms with Gasteiger partial charge < -0.3 is 24.3 Å². The maximum atomic E-state index is 6.19. The number of hydrogen-bond donors (Lipinski definition) is 0. The summed E-state index contributed by atoms with van der Waals surface area (Å²) in [5.41, 5.74) is 4.36. The van der Waals surface area contributed by atoms with Crippen LogP contribution in [0.4, 0.5) is 22.7 Å². The molecule has 0 radical (unpaired) electrons. The van der Waals surface area contributed by atoms with Crippen molar-refractivity contribution >= 4 is 22.7 Å². The van der Waals surface area contributed by atoms with Gasteiger partial charge in [0.15, 0.2) is 0 Å². The van der Waals surface area contributed by atoms with Crippen LogP contribution in [0.25, 0.3) is 0 Å². The topological polar surface area (TPSA) is 22.2 Å². The van der Waals surface area contributed by atoms with E-state index in [0.29, 0.717) is 23.6 Å². The molecule has 1 fully saturated rings. The van der Waals surface area contributed by atoms with Crippen LogP contribution in [0, 0.1) is 25.5 Å². The van der Waals surface area contributed by atoms with Gasteiger partial charge in [-0.2, -0.15) is 25.5 Å². The third-order valence-electron chi connectivity index (χ3n) is 7.01. The molecule has 34 heavy (non-hydrogen) atoms. The summed E-state index contributed by atoms with van der Waals surface area (Å²) in [6.45, 7) is 4.46. The van der Waals surface area contributed by atoms with Gasteiger partial charge in [0.05, 0.1) is 0 Å². The van der Waals surface area contributed by atoms with Crippen molar-refractivity contribution < 1.29 is 25.8 Å². The monoisotopic (exact) mass is 627 g/mol. The van der Waals surface area contributed by atoms with Crippen molar-refractivity contribution in [1.82, 2.24) is 4.90 Å². The summed E-state index contributed by atoms with van der Waals surface area (Å²) in [6, 6.07) is 28.4. The molecule has 4 aliphatic rings. The van der Waals surface area contributed by atoms with E-state index in [1.165, 1.54) is 30.6 Å². The van der Waals surface area contributed by atoms with Crippen LogP contribution in [0.3, 0.4) is 0 Å². The Morgan fingerprint density at radius 2 is 1.44 bits per heavy atom. The zero-order valence-electron chi connectivity index (χ0n) is 18.6. The van der Waals surface area contributed by atoms with Gasteiger partial charge in [0, 0.05) is 35.0 Å². The second-order valence-electron chi connectivity index (χ2n) is 8.97. The van der Waals surface area contributed by atoms with Gasteiger partial charge in [-0.1, -0.05) is 25.0 Å². The van der Waals surface area contributed by atoms with Gasteiger partial charge in [0.2, 0.25) is 0 Å². The molecule has 0 spiro atoms. The number of nitrogens with zero attached hydrogens (tertiary/aromatic N) is 4. The summed E-state index contributed by atoms with van der Waals surface area (Å²) in [5, 5.41) is 0. The Hall–Kier alpha value is -2.91. The van der Waals surface area contributed by atoms with E-state index in [0.717, 1.165) is 17.8 Å². The third-order valence-corrected chi connectivity index (χ3v) is 7.01. The van der Waals surface area contributed by atoms with Crippen LogP contribution < -0.4 is 19.4 Å². The van der Waals surface area contributed by atoms with Crippen molar-refractivity contribution in [3.05, 3.63) is 98.5 Å². The minimum absolute atomic E-state index is 0. The first-order valence-electron chi connectivity index (χ1n) is 11.7. The maximum Gasteiger partial charge on any atom is 4.00 e. The molecule has 0 N–H and O–H groups in total. The van der Waals surface area contributed by atoms with E-state index >= 15 is 0 Å². The average Bonchev–Trinajstić information content (AvgIpc) is 3.50. The Morgan fingerprint density at radius 3 is 2.26 bits per heavy atom. The Balaban J connectivity index is 0.00000217. The van der Waals surface area contributed by atoms with Crippen molar-refractivity contribution in [3.63, 3.8) is 0 Å². The van der Waals surface area contributed by atoms with Gasteiger partial charge >= 0.3 is 21.1 Å². The van der Waals surface area contributed by atoms with E-state index in [2.05, 4.69) is 93.9 Å². The van der Waals surface area contributed by atoms with E-state index in [9.17, 15) is 0 Å². The molecule has 6 heteroatoms. The predicted octanol–water partition coefficient (Wildman–Crippen LogP) is 6.19. The predicted molar refractivity (Wildman–Crippen MR) is 130 cm³/mol. The number of benzene rings is 3. The minimum atomic E-state index is 0. The summed E-state index contributed by atoms with van der Waals surface area (Å²) in [4.78, 5) is 9.24. The van der Waals surface area contributed by atoms with Crippen LogP contribution in [0.5, 0.6) is 11.5 Å². The zero-order chi connectivity index (χ0) is 21.8. The van der Waals surface area contributed by atoms with Crippen molar-refractivity contribution in [2.45, 2.75) is 37.8 Å². The largest absolute Gasteiger partial charge is 4.00 e. The molecule has 7 rings (SSSR count). The number of para-hydroxylation sites is 2. The van der Waals surface area contributed by atoms with Crippen LogP contribution in [0.15, 0.2) is 73.1 Å². The fourth-order valence-corrected chi connectivity index (χ4v) is 5.46. The average molecular weight is 628 g/mol. The Labute approximate surface area is 215 Å². The molecule has 3 aromatic rings. The fourth-order valence-electron chi connectivity index (χ4n) is 5.46. The molecule has 2 unspecified atom stereocenters. The van der Waals surface area contributed by atoms with Crippen LogP contribution in [0.1, 0.15) is 25.7 Å². The molecule has 3 aromatic carbocycles. The van der Waals surface area contributed by atoms with Crippen molar-refractivity contribution in [2.75, 3.05) is 14.7 Å². The summed E-state index contributed by atoms with van der Waals surface area (Å²) in [5.74, 6) is 1.36. The second kappa shape index (κ2) is 8.70. The van der Waals surface area contributed by atoms with Crippen LogP contribution in [-0.4, -0.2) is 17.0 Å². The van der Waals surface area contributed by atoms with Gasteiger partial charge in [-0.25, -0.2) is 0 Å². The van der Waals surface area contributed by atoms with Gasteiger partial charge in [0.25, 0.3) is 0 Å². The minimum Gasteiger partial charge on any atom is -0.509 e. The molecule has 0 saturated heterocycles. The molecule has 1 saturated carbocycles. The normalized spacial score (nSPS) is 22.2. The molecule has 0 amide bonds. The van der Waals surface area contributed by atoms with E-state index < -0.39 is 0 Å². The van der Waals surface area contributed by atoms with E-state index in [1.807, 2.05) is 24.3 Å². The van der Waals surface area contributed by atoms with Crippen LogP contribution >= 0.6 is 0 Å². The number of hydrogen-bond acceptors (Lipinski definition) is 5. The second-order valence-corrected chi connectivity index (χ2v) is 8.97. The van der Waals surface area contributed by atoms with E-state index in [-0.39, 0.29) is 21.1 Å². The summed E-state index contributed by atoms with van der Waals surface area (Å²) < 4.78 is 6.19. The first-order valence-corrected chi connectivity index (χ1v) is 11.7. The van der Waals surface area contributed by atoms with E-state index in [1.54, 1.807) is 0 Å². The molecule has 3 heterocycles. The number of rotatable bonds is 0. The summed E-state index contributed by atoms with van der Waals surface area (Å²) >= 11 is 0. The van der Waals surface area contributed by atoms with Crippen molar-refractivity contribution in [1.29, 1.82) is 0 Å². The molecule has 3 aliphatic heterocycles. The maximum absolute atomic E-state index is 6.19. The first kappa shape index (κ1) is 21.6. The molecule has 1 aliphatic carbocycles. The Kier molecular flexibility index (Phi) is 5.53. The Morgan fingerprint density at radius 1 is 0.735 bits per heavy atom. The summed E-state index contributed by atoms with van der Waals surface area (Å²) in [6.07, 6.45) is 9.15. The molecule has 0 aromatic heterocycles. The first-order chi connectivity index (χ1) is 16.3. The third kappa shape index (κ3) is 3.58. The number of fused-ring (bicyclic) bond motifs is 16. The van der Waals surface area contributed by atoms with Gasteiger partial charge in [-0.3, -0.25) is 0 Å². The molecule has 5 nitrogen and oxygen atoms in total. The van der Waals surface area contributed by atoms with Gasteiger partial charge in [-0.15, -0.1) is 47.8 Å². The smallest absolute Gasteiger partial charge is 0.509 e. The fraction of sp³-hybridized carbons (Fsp3) is 0.214. The molecule has 8 bridgehead atoms. The SMILES string of the molecule is [Pt+4].[c-]1c2cccc1N1C=CN([CH-]1)C1CCCCC1N1[CH-]N(c3[c-]c(ccc3)O2)c2ccccc21. The van der Waals surface area contributed by atoms with Gasteiger partial charge in [-0.05, 0) is 37.4 Å². The van der Waals surface area contributed by atoms with E-state index in [4.69, 9.17) is 4.74 Å². The van der Waals surface area contributed by atoms with Crippen molar-refractivity contribution in [2.24, 2.45) is 0 Å². The molecular formula is C28H24N4OPt.